The van der Waals surface area contributed by atoms with Crippen LogP contribution in [-0.4, -0.2) is 31.1 Å². The first-order valence-electron chi connectivity index (χ1n) is 6.06. The van der Waals surface area contributed by atoms with Crippen LogP contribution in [-0.2, 0) is 18.3 Å². The van der Waals surface area contributed by atoms with Crippen molar-refractivity contribution in [2.24, 2.45) is 7.05 Å². The van der Waals surface area contributed by atoms with Crippen molar-refractivity contribution < 1.29 is 14.3 Å². The molecule has 2 rings (SSSR count). The summed E-state index contributed by atoms with van der Waals surface area (Å²) in [5.74, 6) is 0.0948. The highest BCUT2D eigenvalue weighted by Gasteiger charge is 2.15. The number of carboxylic acids is 1. The van der Waals surface area contributed by atoms with E-state index in [0.717, 1.165) is 5.69 Å². The summed E-state index contributed by atoms with van der Waals surface area (Å²) in [6.07, 6.45) is 0.202. The molecule has 0 saturated heterocycles. The van der Waals surface area contributed by atoms with E-state index in [1.54, 1.807) is 4.68 Å². The molecule has 0 aliphatic carbocycles. The Morgan fingerprint density at radius 1 is 1.47 bits per heavy atom. The Bertz CT molecular complexity index is 586. The highest BCUT2D eigenvalue weighted by molar-refractivity contribution is 5.66. The molecule has 0 spiro atoms. The fraction of sp³-hybridized carbons (Fsp3) is 0.500. The zero-order chi connectivity index (χ0) is 14.0. The predicted molar refractivity (Wildman–Crippen MR) is 66.5 cm³/mol. The number of nitrogens with zero attached hydrogens (tertiary/aromatic N) is 4. The number of aryl methyl sites for hydroxylation is 2. The van der Waals surface area contributed by atoms with Crippen molar-refractivity contribution in [1.29, 1.82) is 0 Å². The fourth-order valence-corrected chi connectivity index (χ4v) is 1.80. The molecule has 0 fully saturated rings. The van der Waals surface area contributed by atoms with Crippen LogP contribution in [0.4, 0.5) is 0 Å². The SMILES string of the molecule is CC(C)c1cc(-c2nnc(CCC(=O)O)o2)nn1C. The van der Waals surface area contributed by atoms with Gasteiger partial charge in [0.15, 0.2) is 0 Å². The molecule has 0 amide bonds. The van der Waals surface area contributed by atoms with Crippen LogP contribution in [0.3, 0.4) is 0 Å². The molecule has 102 valence electrons. The standard InChI is InChI=1S/C12H16N4O3/c1-7(2)9-6-8(15-16(9)3)12-14-13-10(19-12)4-5-11(17)18/h6-7H,4-5H2,1-3H3,(H,17,18). The van der Waals surface area contributed by atoms with Crippen molar-refractivity contribution in [1.82, 2.24) is 20.0 Å². The minimum atomic E-state index is -0.889. The monoisotopic (exact) mass is 264 g/mol. The second kappa shape index (κ2) is 5.21. The van der Waals surface area contributed by atoms with Gasteiger partial charge in [-0.2, -0.15) is 5.10 Å². The molecular weight excluding hydrogens is 248 g/mol. The fourth-order valence-electron chi connectivity index (χ4n) is 1.80. The summed E-state index contributed by atoms with van der Waals surface area (Å²) >= 11 is 0. The Morgan fingerprint density at radius 3 is 2.79 bits per heavy atom. The Morgan fingerprint density at radius 2 is 2.21 bits per heavy atom. The summed E-state index contributed by atoms with van der Waals surface area (Å²) in [4.78, 5) is 10.5. The van der Waals surface area contributed by atoms with Gasteiger partial charge in [0.05, 0.1) is 6.42 Å². The minimum Gasteiger partial charge on any atom is -0.481 e. The van der Waals surface area contributed by atoms with E-state index in [0.29, 0.717) is 23.4 Å². The average molecular weight is 264 g/mol. The van der Waals surface area contributed by atoms with Gasteiger partial charge in [0.2, 0.25) is 5.89 Å². The topological polar surface area (TPSA) is 94.0 Å². The highest BCUT2D eigenvalue weighted by atomic mass is 16.4. The van der Waals surface area contributed by atoms with E-state index < -0.39 is 5.97 Å². The molecule has 1 N–H and O–H groups in total. The largest absolute Gasteiger partial charge is 0.481 e. The Kier molecular flexibility index (Phi) is 3.64. The molecule has 7 heteroatoms. The van der Waals surface area contributed by atoms with Crippen LogP contribution >= 0.6 is 0 Å². The highest BCUT2D eigenvalue weighted by Crippen LogP contribution is 2.22. The lowest BCUT2D eigenvalue weighted by atomic mass is 10.1. The smallest absolute Gasteiger partial charge is 0.303 e. The maximum atomic E-state index is 10.5. The molecule has 2 aromatic rings. The Labute approximate surface area is 110 Å². The normalized spacial score (nSPS) is 11.2. The van der Waals surface area contributed by atoms with Gasteiger partial charge in [-0.25, -0.2) is 0 Å². The van der Waals surface area contributed by atoms with Crippen LogP contribution in [0.5, 0.6) is 0 Å². The summed E-state index contributed by atoms with van der Waals surface area (Å²) in [6.45, 7) is 4.15. The number of hydrogen-bond acceptors (Lipinski definition) is 5. The maximum absolute atomic E-state index is 10.5. The Balaban J connectivity index is 2.18. The van der Waals surface area contributed by atoms with Crippen molar-refractivity contribution in [2.75, 3.05) is 0 Å². The average Bonchev–Trinajstić information content (AvgIpc) is 2.92. The minimum absolute atomic E-state index is 0.0267. The maximum Gasteiger partial charge on any atom is 0.303 e. The lowest BCUT2D eigenvalue weighted by molar-refractivity contribution is -0.137. The summed E-state index contributed by atoms with van der Waals surface area (Å²) in [6, 6.07) is 1.90. The lowest BCUT2D eigenvalue weighted by Crippen LogP contribution is -1.99. The molecule has 2 heterocycles. The summed E-state index contributed by atoms with van der Waals surface area (Å²) < 4.78 is 7.19. The summed E-state index contributed by atoms with van der Waals surface area (Å²) in [5, 5.41) is 20.6. The molecule has 19 heavy (non-hydrogen) atoms. The van der Waals surface area contributed by atoms with Crippen LogP contribution < -0.4 is 0 Å². The number of rotatable bonds is 5. The van der Waals surface area contributed by atoms with E-state index >= 15 is 0 Å². The van der Waals surface area contributed by atoms with Crippen LogP contribution in [0.2, 0.25) is 0 Å². The van der Waals surface area contributed by atoms with Crippen molar-refractivity contribution in [3.8, 4) is 11.6 Å². The number of aliphatic carboxylic acids is 1. The van der Waals surface area contributed by atoms with E-state index in [-0.39, 0.29) is 12.8 Å². The van der Waals surface area contributed by atoms with Crippen LogP contribution in [0.25, 0.3) is 11.6 Å². The molecule has 0 saturated carbocycles. The first kappa shape index (κ1) is 13.3. The molecular formula is C12H16N4O3. The van der Waals surface area contributed by atoms with Crippen molar-refractivity contribution >= 4 is 5.97 Å². The van der Waals surface area contributed by atoms with Gasteiger partial charge in [0.25, 0.3) is 5.89 Å². The van der Waals surface area contributed by atoms with Gasteiger partial charge >= 0.3 is 5.97 Å². The van der Waals surface area contributed by atoms with Gasteiger partial charge in [0, 0.05) is 19.2 Å². The van der Waals surface area contributed by atoms with Crippen molar-refractivity contribution in [2.45, 2.75) is 32.6 Å². The number of hydrogen-bond donors (Lipinski definition) is 1. The zero-order valence-electron chi connectivity index (χ0n) is 11.1. The predicted octanol–water partition coefficient (Wildman–Crippen LogP) is 1.61. The first-order valence-corrected chi connectivity index (χ1v) is 6.06. The van der Waals surface area contributed by atoms with Gasteiger partial charge in [-0.15, -0.1) is 10.2 Å². The molecule has 7 nitrogen and oxygen atoms in total. The molecule has 0 unspecified atom stereocenters. The van der Waals surface area contributed by atoms with Gasteiger partial charge in [-0.1, -0.05) is 13.8 Å². The van der Waals surface area contributed by atoms with Crippen LogP contribution in [0.15, 0.2) is 10.5 Å². The third-order valence-corrected chi connectivity index (χ3v) is 2.75. The van der Waals surface area contributed by atoms with Gasteiger partial charge in [-0.05, 0) is 12.0 Å². The van der Waals surface area contributed by atoms with Gasteiger partial charge in [-0.3, -0.25) is 9.48 Å². The second-order valence-corrected chi connectivity index (χ2v) is 4.63. The van der Waals surface area contributed by atoms with E-state index in [9.17, 15) is 4.79 Å². The zero-order valence-corrected chi connectivity index (χ0v) is 11.1. The van der Waals surface area contributed by atoms with E-state index in [1.165, 1.54) is 0 Å². The number of aromatic nitrogens is 4. The van der Waals surface area contributed by atoms with Gasteiger partial charge in [0.1, 0.15) is 5.69 Å². The third-order valence-electron chi connectivity index (χ3n) is 2.75. The molecule has 0 aliphatic heterocycles. The van der Waals surface area contributed by atoms with E-state index in [2.05, 4.69) is 29.1 Å². The molecule has 0 aromatic carbocycles. The molecule has 0 aliphatic rings. The first-order chi connectivity index (χ1) is 8.97. The second-order valence-electron chi connectivity index (χ2n) is 4.63. The number of carbonyl (C=O) groups is 1. The molecule has 0 atom stereocenters. The van der Waals surface area contributed by atoms with E-state index in [4.69, 9.17) is 9.52 Å². The third kappa shape index (κ3) is 2.98. The molecule has 0 bridgehead atoms. The van der Waals surface area contributed by atoms with Crippen molar-refractivity contribution in [3.05, 3.63) is 17.7 Å². The molecule has 2 aromatic heterocycles. The van der Waals surface area contributed by atoms with Gasteiger partial charge < -0.3 is 9.52 Å². The summed E-state index contributed by atoms with van der Waals surface area (Å²) in [7, 11) is 1.86. The van der Waals surface area contributed by atoms with Crippen molar-refractivity contribution in [3.63, 3.8) is 0 Å². The Hall–Kier alpha value is -2.18. The van der Waals surface area contributed by atoms with Crippen LogP contribution in [0, 0.1) is 0 Å². The van der Waals surface area contributed by atoms with Crippen LogP contribution in [0.1, 0.15) is 37.8 Å². The number of carboxylic acid groups (broad SMARTS) is 1. The summed E-state index contributed by atoms with van der Waals surface area (Å²) in [5.41, 5.74) is 1.68. The molecule has 0 radical (unpaired) electrons. The van der Waals surface area contributed by atoms with E-state index in [1.807, 2.05) is 13.1 Å². The quantitative estimate of drug-likeness (QED) is 0.881. The lowest BCUT2D eigenvalue weighted by Gasteiger charge is -2.02.